The van der Waals surface area contributed by atoms with Crippen LogP contribution < -0.4 is 17.0 Å². The van der Waals surface area contributed by atoms with E-state index in [0.717, 1.165) is 0 Å². The summed E-state index contributed by atoms with van der Waals surface area (Å²) in [7, 11) is -3.62. The van der Waals surface area contributed by atoms with Gasteiger partial charge in [0.05, 0.1) is 31.9 Å². The van der Waals surface area contributed by atoms with Gasteiger partial charge >= 0.3 is 14.5 Å². The van der Waals surface area contributed by atoms with Crippen molar-refractivity contribution in [3.63, 3.8) is 0 Å². The number of nitrogens with one attached hydrogen (secondary N) is 1. The Kier molecular flexibility index (Phi) is 7.17. The van der Waals surface area contributed by atoms with Gasteiger partial charge in [0.1, 0.15) is 42.4 Å². The van der Waals surface area contributed by atoms with E-state index in [2.05, 4.69) is 29.9 Å². The summed E-state index contributed by atoms with van der Waals surface area (Å²) in [6.45, 7) is -4.99. The van der Waals surface area contributed by atoms with Crippen molar-refractivity contribution in [1.29, 1.82) is 0 Å². The molecule has 8 rings (SSSR count). The van der Waals surface area contributed by atoms with Crippen LogP contribution in [0.3, 0.4) is 0 Å². The second-order valence-corrected chi connectivity index (χ2v) is 15.9. The number of methoxy groups -OCH3 is 1. The first-order valence-electron chi connectivity index (χ1n) is 14.2. The van der Waals surface area contributed by atoms with Crippen LogP contribution >= 0.6 is 14.5 Å². The molecule has 24 heteroatoms. The van der Waals surface area contributed by atoms with Gasteiger partial charge in [-0.05, 0) is 24.1 Å². The third-order valence-corrected chi connectivity index (χ3v) is 11.7. The van der Waals surface area contributed by atoms with Gasteiger partial charge in [0, 0.05) is 12.5 Å². The van der Waals surface area contributed by atoms with E-state index in [4.69, 9.17) is 50.8 Å². The number of ether oxygens (including phenoxy) is 2. The average molecular weight is 715 g/mol. The molecule has 8 N–H and O–H groups in total. The molecular formula is C23H28N10O11P2S. The molecule has 11 atom stereocenters. The zero-order chi connectivity index (χ0) is 33.0. The van der Waals surface area contributed by atoms with Gasteiger partial charge in [0.25, 0.3) is 5.56 Å². The van der Waals surface area contributed by atoms with Crippen LogP contribution in [-0.2, 0) is 43.9 Å². The highest BCUT2D eigenvalue weighted by atomic mass is 32.5. The van der Waals surface area contributed by atoms with Crippen LogP contribution in [0.4, 0.5) is 11.8 Å². The SMILES string of the molecule is CO[C@H]1[C@H]2OP(=O)(O)OC[C@]34C[C@@H]3[C@@H](n3cnc5c(N)ncnc53)[C@H](O)[C@@H]4OP(O)(=S)OC[C@H]1O[C@H]2n1cnc2c(=O)[nH]c(N)nc21. The highest BCUT2D eigenvalue weighted by molar-refractivity contribution is 8.07. The van der Waals surface area contributed by atoms with Gasteiger partial charge in [0.2, 0.25) is 5.95 Å². The fourth-order valence-electron chi connectivity index (χ4n) is 7.08. The van der Waals surface area contributed by atoms with Gasteiger partial charge in [-0.15, -0.1) is 0 Å². The highest BCUT2D eigenvalue weighted by Crippen LogP contribution is 2.72. The summed E-state index contributed by atoms with van der Waals surface area (Å²) in [6, 6.07) is -0.718. The Balaban J connectivity index is 1.15. The number of phosphoric acid groups is 1. The molecule has 4 aromatic rings. The molecule has 4 fully saturated rings. The maximum absolute atomic E-state index is 13.6. The Labute approximate surface area is 268 Å². The first-order valence-corrected chi connectivity index (χ1v) is 18.2. The zero-order valence-corrected chi connectivity index (χ0v) is 26.8. The van der Waals surface area contributed by atoms with E-state index in [1.165, 1.54) is 30.7 Å². The van der Waals surface area contributed by atoms with Gasteiger partial charge in [-0.2, -0.15) is 4.98 Å². The number of nitrogens with zero attached hydrogens (tertiary/aromatic N) is 7. The molecule has 47 heavy (non-hydrogen) atoms. The first kappa shape index (κ1) is 31.3. The molecule has 2 unspecified atom stereocenters. The molecule has 2 aliphatic carbocycles. The summed E-state index contributed by atoms with van der Waals surface area (Å²) >= 11 is 5.38. The second kappa shape index (κ2) is 10.8. The van der Waals surface area contributed by atoms with Gasteiger partial charge < -0.3 is 49.4 Å². The van der Waals surface area contributed by atoms with Crippen molar-refractivity contribution in [2.24, 2.45) is 11.3 Å². The van der Waals surface area contributed by atoms with Gasteiger partial charge in [0.15, 0.2) is 28.9 Å². The molecular weight excluding hydrogens is 686 g/mol. The van der Waals surface area contributed by atoms with Crippen molar-refractivity contribution >= 4 is 60.4 Å². The number of nitrogens with two attached hydrogens (primary N) is 2. The fourth-order valence-corrected chi connectivity index (χ4v) is 9.55. The largest absolute Gasteiger partial charge is 0.472 e. The van der Waals surface area contributed by atoms with E-state index >= 15 is 0 Å². The zero-order valence-electron chi connectivity index (χ0n) is 24.2. The third kappa shape index (κ3) is 4.94. The number of nitrogen functional groups attached to an aromatic ring is 2. The molecule has 0 aromatic carbocycles. The molecule has 252 valence electrons. The maximum Gasteiger partial charge on any atom is 0.472 e. The van der Waals surface area contributed by atoms with Crippen molar-refractivity contribution < 1.29 is 47.0 Å². The minimum atomic E-state index is -4.93. The minimum Gasteiger partial charge on any atom is -0.388 e. The lowest BCUT2D eigenvalue weighted by atomic mass is 10.0. The van der Waals surface area contributed by atoms with Crippen molar-refractivity contribution in [3.8, 4) is 0 Å². The minimum absolute atomic E-state index is 0.000670. The predicted octanol–water partition coefficient (Wildman–Crippen LogP) is -0.907. The number of aromatic nitrogens is 8. The Morgan fingerprint density at radius 1 is 1.11 bits per heavy atom. The molecule has 2 bridgehead atoms. The van der Waals surface area contributed by atoms with E-state index in [9.17, 15) is 24.3 Å². The molecule has 21 nitrogen and oxygen atoms in total. The molecule has 2 saturated carbocycles. The van der Waals surface area contributed by atoms with E-state index < -0.39 is 87.4 Å². The molecule has 1 spiro atoms. The topological polar surface area (TPSA) is 292 Å². The van der Waals surface area contributed by atoms with Crippen LogP contribution in [0.25, 0.3) is 22.3 Å². The standard InChI is InChI=1S/C23H28N10O11P2S/c1-39-14-9-3-40-46(38,47)44-16-13(34)12(32-6-28-10-17(24)26-5-27-18(10)32)8-2-23(8,16)4-41-45(36,37)43-15(14)21(42-9)33-7-29-11-19(33)30-22(25)31-20(11)35/h5-9,12-16,21,34H,2-4H2,1H3,(H,36,37)(H,38,47)(H2,24,26,27)(H3,25,30,31,35)/t8-,9-,12-,13+,14-,15-,16+,21-,23-,46?/m1/s1. The number of aromatic amines is 1. The number of aliphatic hydroxyl groups is 1. The monoisotopic (exact) mass is 714 g/mol. The number of phosphoric ester groups is 1. The smallest absolute Gasteiger partial charge is 0.388 e. The summed E-state index contributed by atoms with van der Waals surface area (Å²) in [5, 5.41) is 11.6. The van der Waals surface area contributed by atoms with E-state index in [1.807, 2.05) is 0 Å². The normalized spacial score (nSPS) is 40.4. The predicted molar refractivity (Wildman–Crippen MR) is 161 cm³/mol. The van der Waals surface area contributed by atoms with Crippen molar-refractivity contribution in [2.45, 2.75) is 49.2 Å². The van der Waals surface area contributed by atoms with Gasteiger partial charge in [-0.1, -0.05) is 0 Å². The Morgan fingerprint density at radius 2 is 1.87 bits per heavy atom. The van der Waals surface area contributed by atoms with Crippen LogP contribution in [0, 0.1) is 11.3 Å². The number of H-pyrrole nitrogens is 1. The lowest BCUT2D eigenvalue weighted by Crippen LogP contribution is -2.38. The number of imidazole rings is 2. The third-order valence-electron chi connectivity index (χ3n) is 9.21. The molecule has 0 radical (unpaired) electrons. The van der Waals surface area contributed by atoms with E-state index in [1.54, 1.807) is 4.57 Å². The Hall–Kier alpha value is -2.98. The summed E-state index contributed by atoms with van der Waals surface area (Å²) in [5.74, 6) is -0.461. The lowest BCUT2D eigenvalue weighted by molar-refractivity contribution is -0.0625. The number of hydrogen-bond donors (Lipinski definition) is 6. The molecule has 6 heterocycles. The van der Waals surface area contributed by atoms with Crippen LogP contribution in [0.15, 0.2) is 23.8 Å². The number of aliphatic hydroxyl groups excluding tert-OH is 1. The maximum atomic E-state index is 13.6. The summed E-state index contributed by atoms with van der Waals surface area (Å²) in [6.07, 6.45) is -3.01. The van der Waals surface area contributed by atoms with Crippen LogP contribution in [-0.4, -0.2) is 105 Å². The fraction of sp³-hybridized carbons (Fsp3) is 0.565. The number of anilines is 2. The number of rotatable bonds is 3. The number of fused-ring (bicyclic) bond motifs is 4. The molecule has 0 amide bonds. The van der Waals surface area contributed by atoms with Crippen molar-refractivity contribution in [2.75, 3.05) is 31.8 Å². The number of hydrogen-bond acceptors (Lipinski definition) is 17. The van der Waals surface area contributed by atoms with Crippen molar-refractivity contribution in [3.05, 3.63) is 29.3 Å². The quantitative estimate of drug-likeness (QED) is 0.140. The summed E-state index contributed by atoms with van der Waals surface area (Å²) in [5.41, 5.74) is 10.6. The van der Waals surface area contributed by atoms with Crippen molar-refractivity contribution in [1.82, 2.24) is 39.0 Å². The van der Waals surface area contributed by atoms with Gasteiger partial charge in [-0.3, -0.25) is 23.4 Å². The van der Waals surface area contributed by atoms with E-state index in [-0.39, 0.29) is 22.9 Å². The first-order chi connectivity index (χ1) is 22.3. The van der Waals surface area contributed by atoms with Crippen LogP contribution in [0.2, 0.25) is 0 Å². The van der Waals surface area contributed by atoms with E-state index in [0.29, 0.717) is 17.6 Å². The molecule has 4 aliphatic rings. The summed E-state index contributed by atoms with van der Waals surface area (Å²) in [4.78, 5) is 57.8. The second-order valence-electron chi connectivity index (χ2n) is 11.8. The Morgan fingerprint density at radius 3 is 2.66 bits per heavy atom. The molecule has 2 aliphatic heterocycles. The average Bonchev–Trinajstić information content (AvgIpc) is 3.30. The Bertz CT molecular complexity index is 2060. The van der Waals surface area contributed by atoms with Gasteiger partial charge in [-0.25, -0.2) is 24.5 Å². The summed E-state index contributed by atoms with van der Waals surface area (Å²) < 4.78 is 51.3. The molecule has 2 saturated heterocycles. The lowest BCUT2D eigenvalue weighted by Gasteiger charge is -2.31. The van der Waals surface area contributed by atoms with Crippen LogP contribution in [0.5, 0.6) is 0 Å². The highest BCUT2D eigenvalue weighted by Gasteiger charge is 2.74. The van der Waals surface area contributed by atoms with Crippen LogP contribution in [0.1, 0.15) is 18.7 Å². The molecule has 4 aromatic heterocycles.